The van der Waals surface area contributed by atoms with Gasteiger partial charge in [-0.05, 0) is 55.0 Å². The molecule has 1 saturated heterocycles. The van der Waals surface area contributed by atoms with Crippen LogP contribution in [0.3, 0.4) is 0 Å². The maximum atomic E-state index is 13.1. The number of ether oxygens (including phenoxy) is 1. The van der Waals surface area contributed by atoms with E-state index in [9.17, 15) is 22.8 Å². The van der Waals surface area contributed by atoms with Crippen LogP contribution in [0, 0.1) is 6.92 Å². The van der Waals surface area contributed by atoms with Crippen LogP contribution in [0.15, 0.2) is 77.7 Å². The number of carbonyl (C=O) groups excluding carboxylic acids is 2. The molecule has 0 radical (unpaired) electrons. The maximum absolute atomic E-state index is 13.1. The van der Waals surface area contributed by atoms with E-state index in [0.717, 1.165) is 11.6 Å². The third-order valence-corrected chi connectivity index (χ3v) is 6.42. The van der Waals surface area contributed by atoms with E-state index in [0.29, 0.717) is 26.2 Å². The fourth-order valence-corrected chi connectivity index (χ4v) is 4.70. The molecule has 0 aliphatic carbocycles. The molecule has 184 valence electrons. The largest absolute Gasteiger partial charge is 0.484 e. The van der Waals surface area contributed by atoms with Gasteiger partial charge in [0.15, 0.2) is 10.9 Å². The molecular weight excluding hydrogens is 509 g/mol. The zero-order chi connectivity index (χ0) is 25.9. The molecule has 2 amide bonds. The predicted molar refractivity (Wildman–Crippen MR) is 139 cm³/mol. The van der Waals surface area contributed by atoms with Crippen LogP contribution in [0.5, 0.6) is 5.75 Å². The molecule has 4 rings (SSSR count). The van der Waals surface area contributed by atoms with Gasteiger partial charge < -0.3 is 10.1 Å². The van der Waals surface area contributed by atoms with E-state index >= 15 is 0 Å². The molecule has 0 unspecified atom stereocenters. The van der Waals surface area contributed by atoms with E-state index in [1.807, 2.05) is 31.2 Å². The van der Waals surface area contributed by atoms with Gasteiger partial charge in [0.25, 0.3) is 11.8 Å². The van der Waals surface area contributed by atoms with Crippen LogP contribution < -0.4 is 15.0 Å². The van der Waals surface area contributed by atoms with E-state index in [-0.39, 0.29) is 11.6 Å². The Labute approximate surface area is 214 Å². The molecule has 3 aromatic carbocycles. The van der Waals surface area contributed by atoms with E-state index in [4.69, 9.17) is 17.0 Å². The number of halogens is 3. The van der Waals surface area contributed by atoms with Gasteiger partial charge >= 0.3 is 6.18 Å². The number of alkyl halides is 3. The van der Waals surface area contributed by atoms with Crippen molar-refractivity contribution in [1.29, 1.82) is 0 Å². The van der Waals surface area contributed by atoms with E-state index < -0.39 is 24.3 Å². The number of para-hydroxylation sites is 1. The summed E-state index contributed by atoms with van der Waals surface area (Å²) < 4.78 is 45.3. The standard InChI is InChI=1S/C26H19F3N2O3S2/c1-16-9-11-18(12-10-16)31-24(33)22(36-25(31)35)14-17-5-4-6-19(13-17)34-15-23(32)30-21-8-3-2-7-20(21)26(27,28)29/h2-14H,15H2,1H3,(H,30,32)/b22-14-. The molecule has 0 atom stereocenters. The van der Waals surface area contributed by atoms with Gasteiger partial charge in [0, 0.05) is 0 Å². The molecule has 3 aromatic rings. The summed E-state index contributed by atoms with van der Waals surface area (Å²) in [5, 5.41) is 2.23. The van der Waals surface area contributed by atoms with Crippen LogP contribution in [-0.4, -0.2) is 22.7 Å². The van der Waals surface area contributed by atoms with Crippen LogP contribution in [0.1, 0.15) is 16.7 Å². The number of nitrogens with zero attached hydrogens (tertiary/aromatic N) is 1. The van der Waals surface area contributed by atoms with E-state index in [2.05, 4.69) is 5.32 Å². The predicted octanol–water partition coefficient (Wildman–Crippen LogP) is 6.44. The fourth-order valence-electron chi connectivity index (χ4n) is 3.40. The number of carbonyl (C=O) groups is 2. The van der Waals surface area contributed by atoms with Crippen molar-refractivity contribution in [3.63, 3.8) is 0 Å². The lowest BCUT2D eigenvalue weighted by Gasteiger charge is -2.14. The lowest BCUT2D eigenvalue weighted by atomic mass is 10.1. The fraction of sp³-hybridized carbons (Fsp3) is 0.115. The van der Waals surface area contributed by atoms with Gasteiger partial charge in [0.2, 0.25) is 0 Å². The summed E-state index contributed by atoms with van der Waals surface area (Å²) in [6, 6.07) is 18.8. The van der Waals surface area contributed by atoms with E-state index in [1.165, 1.54) is 34.9 Å². The number of amides is 2. The number of thiocarbonyl (C=S) groups is 1. The number of rotatable bonds is 6. The molecule has 0 bridgehead atoms. The number of benzene rings is 3. The molecule has 10 heteroatoms. The highest BCUT2D eigenvalue weighted by Crippen LogP contribution is 2.37. The molecule has 36 heavy (non-hydrogen) atoms. The quantitative estimate of drug-likeness (QED) is 0.295. The molecule has 1 aliphatic heterocycles. The summed E-state index contributed by atoms with van der Waals surface area (Å²) in [7, 11) is 0. The molecule has 1 fully saturated rings. The summed E-state index contributed by atoms with van der Waals surface area (Å²) in [6.07, 6.45) is -2.93. The van der Waals surface area contributed by atoms with Crippen molar-refractivity contribution in [2.45, 2.75) is 13.1 Å². The summed E-state index contributed by atoms with van der Waals surface area (Å²) in [5.41, 5.74) is 1.10. The average Bonchev–Trinajstić information content (AvgIpc) is 3.11. The van der Waals surface area contributed by atoms with Crippen LogP contribution in [0.25, 0.3) is 6.08 Å². The minimum absolute atomic E-state index is 0.247. The first-order valence-corrected chi connectivity index (χ1v) is 11.9. The van der Waals surface area contributed by atoms with Crippen molar-refractivity contribution in [2.75, 3.05) is 16.8 Å². The van der Waals surface area contributed by atoms with Crippen molar-refractivity contribution < 1.29 is 27.5 Å². The Morgan fingerprint density at radius 3 is 2.53 bits per heavy atom. The highest BCUT2D eigenvalue weighted by Gasteiger charge is 2.34. The zero-order valence-electron chi connectivity index (χ0n) is 18.8. The Morgan fingerprint density at radius 2 is 1.81 bits per heavy atom. The molecule has 1 heterocycles. The summed E-state index contributed by atoms with van der Waals surface area (Å²) in [4.78, 5) is 27.1. The molecule has 1 aliphatic rings. The maximum Gasteiger partial charge on any atom is 0.418 e. The van der Waals surface area contributed by atoms with Gasteiger partial charge in [-0.2, -0.15) is 13.2 Å². The van der Waals surface area contributed by atoms with Crippen LogP contribution in [-0.2, 0) is 15.8 Å². The third kappa shape index (κ3) is 5.95. The van der Waals surface area contributed by atoms with E-state index in [1.54, 1.807) is 30.3 Å². The Bertz CT molecular complexity index is 1360. The first kappa shape index (κ1) is 25.5. The Kier molecular flexibility index (Phi) is 7.46. The number of aryl methyl sites for hydroxylation is 1. The van der Waals surface area contributed by atoms with Crippen LogP contribution in [0.2, 0.25) is 0 Å². The molecule has 0 aromatic heterocycles. The first-order valence-electron chi connectivity index (χ1n) is 10.7. The average molecular weight is 529 g/mol. The van der Waals surface area contributed by atoms with Gasteiger partial charge in [-0.15, -0.1) is 0 Å². The zero-order valence-corrected chi connectivity index (χ0v) is 20.5. The Balaban J connectivity index is 1.42. The summed E-state index contributed by atoms with van der Waals surface area (Å²) in [6.45, 7) is 1.46. The second kappa shape index (κ2) is 10.5. The molecule has 0 spiro atoms. The van der Waals surface area contributed by atoms with Gasteiger partial charge in [-0.3, -0.25) is 14.5 Å². The highest BCUT2D eigenvalue weighted by atomic mass is 32.2. The van der Waals surface area contributed by atoms with Crippen molar-refractivity contribution in [2.24, 2.45) is 0 Å². The Hall–Kier alpha value is -3.63. The lowest BCUT2D eigenvalue weighted by molar-refractivity contribution is -0.137. The second-order valence-corrected chi connectivity index (χ2v) is 9.48. The smallest absolute Gasteiger partial charge is 0.418 e. The topological polar surface area (TPSA) is 58.6 Å². The normalized spacial score (nSPS) is 14.9. The summed E-state index contributed by atoms with van der Waals surface area (Å²) in [5.74, 6) is -0.670. The Morgan fingerprint density at radius 1 is 1.08 bits per heavy atom. The van der Waals surface area contributed by atoms with Crippen LogP contribution >= 0.6 is 24.0 Å². The SMILES string of the molecule is Cc1ccc(N2C(=O)/C(=C/c3cccc(OCC(=O)Nc4ccccc4C(F)(F)F)c3)SC2=S)cc1. The minimum Gasteiger partial charge on any atom is -0.484 e. The van der Waals surface area contributed by atoms with Crippen molar-refractivity contribution in [1.82, 2.24) is 0 Å². The monoisotopic (exact) mass is 528 g/mol. The summed E-state index contributed by atoms with van der Waals surface area (Å²) >= 11 is 6.57. The number of anilines is 2. The molecule has 5 nitrogen and oxygen atoms in total. The highest BCUT2D eigenvalue weighted by molar-refractivity contribution is 8.27. The number of hydrogen-bond acceptors (Lipinski definition) is 5. The van der Waals surface area contributed by atoms with Crippen molar-refractivity contribution in [3.05, 3.63) is 94.4 Å². The third-order valence-electron chi connectivity index (χ3n) is 5.12. The molecular formula is C26H19F3N2O3S2. The van der Waals surface area contributed by atoms with Gasteiger partial charge in [0.1, 0.15) is 5.75 Å². The van der Waals surface area contributed by atoms with Crippen LogP contribution in [0.4, 0.5) is 24.5 Å². The second-order valence-electron chi connectivity index (χ2n) is 7.81. The molecule has 0 saturated carbocycles. The molecule has 1 N–H and O–H groups in total. The van der Waals surface area contributed by atoms with Crippen molar-refractivity contribution in [3.8, 4) is 5.75 Å². The lowest BCUT2D eigenvalue weighted by Crippen LogP contribution is -2.27. The minimum atomic E-state index is -4.60. The van der Waals surface area contributed by atoms with Crippen molar-refractivity contribution >= 4 is 57.6 Å². The first-order chi connectivity index (χ1) is 17.1. The van der Waals surface area contributed by atoms with Gasteiger partial charge in [0.05, 0.1) is 21.8 Å². The number of thioether (sulfide) groups is 1. The van der Waals surface area contributed by atoms with Gasteiger partial charge in [-0.1, -0.05) is 65.9 Å². The van der Waals surface area contributed by atoms with Gasteiger partial charge in [-0.25, -0.2) is 0 Å². The number of hydrogen-bond donors (Lipinski definition) is 1. The number of nitrogens with one attached hydrogen (secondary N) is 1.